The predicted molar refractivity (Wildman–Crippen MR) is 95.5 cm³/mol. The molecule has 0 bridgehead atoms. The molecule has 25 heavy (non-hydrogen) atoms. The Morgan fingerprint density at radius 2 is 1.96 bits per heavy atom. The zero-order chi connectivity index (χ0) is 18.1. The van der Waals surface area contributed by atoms with Crippen molar-refractivity contribution in [1.82, 2.24) is 15.1 Å². The van der Waals surface area contributed by atoms with Crippen LogP contribution in [0, 0.1) is 0 Å². The summed E-state index contributed by atoms with van der Waals surface area (Å²) >= 11 is 1.50. The summed E-state index contributed by atoms with van der Waals surface area (Å²) in [5.74, 6) is -0.372. The average molecular weight is 367 g/mol. The molecule has 138 valence electrons. The van der Waals surface area contributed by atoms with Gasteiger partial charge in [0.25, 0.3) is 5.91 Å². The largest absolute Gasteiger partial charge is 0.466 e. The van der Waals surface area contributed by atoms with Crippen LogP contribution in [0.15, 0.2) is 16.8 Å². The van der Waals surface area contributed by atoms with Crippen molar-refractivity contribution in [3.63, 3.8) is 0 Å². The van der Waals surface area contributed by atoms with E-state index in [4.69, 9.17) is 4.74 Å². The molecule has 1 aliphatic rings. The van der Waals surface area contributed by atoms with Gasteiger partial charge in [0, 0.05) is 56.6 Å². The van der Waals surface area contributed by atoms with Gasteiger partial charge in [-0.1, -0.05) is 0 Å². The SMILES string of the molecule is CCOC(=O)CCC(=O)N1CCN(CCNC(=O)c2ccsc2)CC1. The van der Waals surface area contributed by atoms with Gasteiger partial charge in [-0.3, -0.25) is 19.3 Å². The summed E-state index contributed by atoms with van der Waals surface area (Å²) in [5, 5.41) is 6.62. The predicted octanol–water partition coefficient (Wildman–Crippen LogP) is 0.965. The smallest absolute Gasteiger partial charge is 0.306 e. The molecule has 0 radical (unpaired) electrons. The summed E-state index contributed by atoms with van der Waals surface area (Å²) in [5.41, 5.74) is 0.696. The van der Waals surface area contributed by atoms with Gasteiger partial charge in [0.2, 0.25) is 5.91 Å². The molecular weight excluding hydrogens is 342 g/mol. The van der Waals surface area contributed by atoms with Crippen LogP contribution in [0.3, 0.4) is 0 Å². The minimum absolute atomic E-state index is 0.00142. The van der Waals surface area contributed by atoms with E-state index in [9.17, 15) is 14.4 Å². The number of rotatable bonds is 8. The lowest BCUT2D eigenvalue weighted by Crippen LogP contribution is -2.50. The molecule has 0 spiro atoms. The summed E-state index contributed by atoms with van der Waals surface area (Å²) in [6.07, 6.45) is 0.344. The van der Waals surface area contributed by atoms with Gasteiger partial charge >= 0.3 is 5.97 Å². The first-order chi connectivity index (χ1) is 12.1. The molecule has 1 N–H and O–H groups in total. The number of amides is 2. The highest BCUT2D eigenvalue weighted by molar-refractivity contribution is 7.08. The maximum Gasteiger partial charge on any atom is 0.306 e. The fourth-order valence-corrected chi connectivity index (χ4v) is 3.28. The molecule has 0 aliphatic carbocycles. The van der Waals surface area contributed by atoms with Crippen molar-refractivity contribution in [1.29, 1.82) is 0 Å². The Labute approximate surface area is 151 Å². The molecule has 8 heteroatoms. The van der Waals surface area contributed by atoms with E-state index in [2.05, 4.69) is 10.2 Å². The molecule has 1 saturated heterocycles. The highest BCUT2D eigenvalue weighted by atomic mass is 32.1. The number of nitrogens with one attached hydrogen (secondary N) is 1. The third kappa shape index (κ3) is 6.47. The van der Waals surface area contributed by atoms with E-state index >= 15 is 0 Å². The van der Waals surface area contributed by atoms with Crippen LogP contribution in [0.1, 0.15) is 30.1 Å². The molecule has 1 aromatic rings. The first-order valence-corrected chi connectivity index (χ1v) is 9.50. The van der Waals surface area contributed by atoms with Crippen molar-refractivity contribution in [3.05, 3.63) is 22.4 Å². The van der Waals surface area contributed by atoms with Crippen molar-refractivity contribution in [2.24, 2.45) is 0 Å². The van der Waals surface area contributed by atoms with Crippen molar-refractivity contribution in [2.75, 3.05) is 45.9 Å². The molecule has 0 saturated carbocycles. The summed E-state index contributed by atoms with van der Waals surface area (Å²) in [7, 11) is 0. The second-order valence-electron chi connectivity index (χ2n) is 5.80. The molecule has 1 fully saturated rings. The van der Waals surface area contributed by atoms with E-state index in [-0.39, 0.29) is 30.6 Å². The zero-order valence-corrected chi connectivity index (χ0v) is 15.3. The molecular formula is C17H25N3O4S. The highest BCUT2D eigenvalue weighted by Gasteiger charge is 2.21. The van der Waals surface area contributed by atoms with Crippen molar-refractivity contribution < 1.29 is 19.1 Å². The summed E-state index contributed by atoms with van der Waals surface area (Å²) in [6.45, 7) is 6.31. The van der Waals surface area contributed by atoms with Gasteiger partial charge in [-0.25, -0.2) is 0 Å². The van der Waals surface area contributed by atoms with Crippen LogP contribution in [-0.2, 0) is 14.3 Å². The number of nitrogens with zero attached hydrogens (tertiary/aromatic N) is 2. The van der Waals surface area contributed by atoms with Gasteiger partial charge in [0.05, 0.1) is 13.0 Å². The van der Waals surface area contributed by atoms with Crippen LogP contribution in [0.2, 0.25) is 0 Å². The standard InChI is InChI=1S/C17H25N3O4S/c1-2-24-16(22)4-3-15(21)20-10-8-19(9-11-20)7-6-18-17(23)14-5-12-25-13-14/h5,12-13H,2-4,6-11H2,1H3,(H,18,23). The molecule has 7 nitrogen and oxygen atoms in total. The fourth-order valence-electron chi connectivity index (χ4n) is 2.64. The third-order valence-electron chi connectivity index (χ3n) is 4.07. The second-order valence-corrected chi connectivity index (χ2v) is 6.58. The Morgan fingerprint density at radius 1 is 1.20 bits per heavy atom. The normalized spacial score (nSPS) is 15.0. The lowest BCUT2D eigenvalue weighted by molar-refractivity contribution is -0.146. The molecule has 0 aromatic carbocycles. The summed E-state index contributed by atoms with van der Waals surface area (Å²) in [6, 6.07) is 1.81. The van der Waals surface area contributed by atoms with Crippen molar-refractivity contribution in [2.45, 2.75) is 19.8 Å². The van der Waals surface area contributed by atoms with E-state index in [1.54, 1.807) is 17.9 Å². The average Bonchev–Trinajstić information content (AvgIpc) is 3.15. The quantitative estimate of drug-likeness (QED) is 0.693. The Balaban J connectivity index is 1.60. The monoisotopic (exact) mass is 367 g/mol. The van der Waals surface area contributed by atoms with Crippen LogP contribution in [0.25, 0.3) is 0 Å². The fraction of sp³-hybridized carbons (Fsp3) is 0.588. The topological polar surface area (TPSA) is 79.0 Å². The first kappa shape index (κ1) is 19.4. The van der Waals surface area contributed by atoms with Gasteiger partial charge in [-0.2, -0.15) is 11.3 Å². The van der Waals surface area contributed by atoms with Crippen LogP contribution < -0.4 is 5.32 Å². The molecule has 0 atom stereocenters. The number of hydrogen-bond acceptors (Lipinski definition) is 6. The second kappa shape index (κ2) is 10.1. The van der Waals surface area contributed by atoms with Crippen molar-refractivity contribution >= 4 is 29.1 Å². The van der Waals surface area contributed by atoms with E-state index in [1.807, 2.05) is 10.8 Å². The Morgan fingerprint density at radius 3 is 2.60 bits per heavy atom. The van der Waals surface area contributed by atoms with Gasteiger partial charge in [0.1, 0.15) is 0 Å². The number of piperazine rings is 1. The van der Waals surface area contributed by atoms with E-state index < -0.39 is 0 Å². The Kier molecular flexibility index (Phi) is 7.87. The maximum atomic E-state index is 12.1. The zero-order valence-electron chi connectivity index (χ0n) is 14.5. The van der Waals surface area contributed by atoms with E-state index in [0.717, 1.165) is 19.6 Å². The Bertz CT molecular complexity index is 568. The van der Waals surface area contributed by atoms with Gasteiger partial charge in [-0.05, 0) is 18.4 Å². The number of ether oxygens (including phenoxy) is 1. The molecule has 1 aromatic heterocycles. The van der Waals surface area contributed by atoms with Gasteiger partial charge in [-0.15, -0.1) is 0 Å². The molecule has 2 rings (SSSR count). The summed E-state index contributed by atoms with van der Waals surface area (Å²) in [4.78, 5) is 39.3. The molecule has 1 aliphatic heterocycles. The third-order valence-corrected chi connectivity index (χ3v) is 4.75. The van der Waals surface area contributed by atoms with Crippen LogP contribution in [0.4, 0.5) is 0 Å². The Hall–Kier alpha value is -1.93. The van der Waals surface area contributed by atoms with E-state index in [1.165, 1.54) is 11.3 Å². The van der Waals surface area contributed by atoms with Crippen molar-refractivity contribution in [3.8, 4) is 0 Å². The number of thiophene rings is 1. The lowest BCUT2D eigenvalue weighted by atomic mass is 10.2. The summed E-state index contributed by atoms with van der Waals surface area (Å²) < 4.78 is 4.84. The van der Waals surface area contributed by atoms with Crippen LogP contribution in [-0.4, -0.2) is 73.5 Å². The first-order valence-electron chi connectivity index (χ1n) is 8.56. The molecule has 0 unspecified atom stereocenters. The van der Waals surface area contributed by atoms with Crippen LogP contribution >= 0.6 is 11.3 Å². The highest BCUT2D eigenvalue weighted by Crippen LogP contribution is 2.07. The molecule has 2 amide bonds. The van der Waals surface area contributed by atoms with Gasteiger partial charge < -0.3 is 15.0 Å². The van der Waals surface area contributed by atoms with E-state index in [0.29, 0.717) is 31.8 Å². The minimum atomic E-state index is -0.323. The number of carbonyl (C=O) groups excluding carboxylic acids is 3. The number of esters is 1. The number of carbonyl (C=O) groups is 3. The van der Waals surface area contributed by atoms with Crippen LogP contribution in [0.5, 0.6) is 0 Å². The lowest BCUT2D eigenvalue weighted by Gasteiger charge is -2.34. The van der Waals surface area contributed by atoms with Gasteiger partial charge in [0.15, 0.2) is 0 Å². The maximum absolute atomic E-state index is 12.1. The minimum Gasteiger partial charge on any atom is -0.466 e. The molecule has 2 heterocycles. The number of hydrogen-bond donors (Lipinski definition) is 1.